The van der Waals surface area contributed by atoms with Crippen molar-refractivity contribution < 1.29 is 4.79 Å². The Morgan fingerprint density at radius 1 is 1.29 bits per heavy atom. The van der Waals surface area contributed by atoms with E-state index in [4.69, 9.17) is 0 Å². The Labute approximate surface area is 128 Å². The molecule has 0 bridgehead atoms. The average molecular weight is 288 g/mol. The van der Waals surface area contributed by atoms with E-state index in [1.165, 1.54) is 24.0 Å². The normalized spacial score (nSPS) is 14.5. The minimum Gasteiger partial charge on any atom is -0.340 e. The first-order valence-corrected chi connectivity index (χ1v) is 8.11. The van der Waals surface area contributed by atoms with Crippen LogP contribution in [0.2, 0.25) is 0 Å². The second-order valence-corrected chi connectivity index (χ2v) is 6.35. The topological polar surface area (TPSA) is 23.6 Å². The summed E-state index contributed by atoms with van der Waals surface area (Å²) in [6.45, 7) is 7.67. The van der Waals surface area contributed by atoms with Gasteiger partial charge in [-0.1, -0.05) is 31.2 Å². The summed E-state index contributed by atoms with van der Waals surface area (Å²) in [5.41, 5.74) is 2.48. The molecule has 0 unspecified atom stereocenters. The monoisotopic (exact) mass is 288 g/mol. The lowest BCUT2D eigenvalue weighted by Gasteiger charge is -2.25. The molecule has 0 atom stereocenters. The maximum atomic E-state index is 12.4. The van der Waals surface area contributed by atoms with Gasteiger partial charge in [0.05, 0.1) is 6.54 Å². The van der Waals surface area contributed by atoms with E-state index < -0.39 is 0 Å². The van der Waals surface area contributed by atoms with Crippen molar-refractivity contribution in [1.29, 1.82) is 0 Å². The van der Waals surface area contributed by atoms with Crippen LogP contribution in [-0.2, 0) is 11.3 Å². The Hall–Kier alpha value is -1.35. The molecule has 0 aromatic heterocycles. The van der Waals surface area contributed by atoms with Crippen molar-refractivity contribution in [1.82, 2.24) is 9.80 Å². The molecule has 1 aliphatic rings. The first-order chi connectivity index (χ1) is 10.1. The lowest BCUT2D eigenvalue weighted by Crippen LogP contribution is -2.39. The molecule has 1 fully saturated rings. The maximum Gasteiger partial charge on any atom is 0.236 e. The molecule has 0 aliphatic heterocycles. The lowest BCUT2D eigenvalue weighted by atomic mass is 10.1. The third-order valence-corrected chi connectivity index (χ3v) is 4.21. The molecule has 0 spiro atoms. The zero-order valence-electron chi connectivity index (χ0n) is 13.6. The molecule has 0 N–H and O–H groups in total. The summed E-state index contributed by atoms with van der Waals surface area (Å²) >= 11 is 0. The molecule has 3 nitrogen and oxygen atoms in total. The minimum absolute atomic E-state index is 0.229. The molecule has 2 rings (SSSR count). The zero-order valence-corrected chi connectivity index (χ0v) is 13.6. The van der Waals surface area contributed by atoms with Crippen molar-refractivity contribution in [2.75, 3.05) is 26.7 Å². The van der Waals surface area contributed by atoms with Crippen molar-refractivity contribution in [2.24, 2.45) is 5.92 Å². The van der Waals surface area contributed by atoms with Crippen molar-refractivity contribution in [3.63, 3.8) is 0 Å². The van der Waals surface area contributed by atoms with E-state index in [9.17, 15) is 4.79 Å². The van der Waals surface area contributed by atoms with Crippen molar-refractivity contribution in [2.45, 2.75) is 39.7 Å². The molecule has 1 aromatic rings. The number of hydrogen-bond acceptors (Lipinski definition) is 2. The molecular weight excluding hydrogens is 260 g/mol. The van der Waals surface area contributed by atoms with Gasteiger partial charge < -0.3 is 4.90 Å². The molecular formula is C18H28N2O. The number of amides is 1. The van der Waals surface area contributed by atoms with Gasteiger partial charge in [-0.05, 0) is 49.8 Å². The van der Waals surface area contributed by atoms with Crippen LogP contribution in [0, 0.1) is 12.8 Å². The van der Waals surface area contributed by atoms with Gasteiger partial charge in [0.2, 0.25) is 5.91 Å². The SMILES string of the molecule is CCCN(CC(=O)N(C)Cc1ccccc1C)CC1CC1. The van der Waals surface area contributed by atoms with Gasteiger partial charge >= 0.3 is 0 Å². The van der Waals surface area contributed by atoms with Crippen LogP contribution in [0.4, 0.5) is 0 Å². The van der Waals surface area contributed by atoms with Gasteiger partial charge in [-0.15, -0.1) is 0 Å². The smallest absolute Gasteiger partial charge is 0.236 e. The number of hydrogen-bond donors (Lipinski definition) is 0. The van der Waals surface area contributed by atoms with Gasteiger partial charge in [0, 0.05) is 20.1 Å². The Morgan fingerprint density at radius 2 is 2.00 bits per heavy atom. The molecule has 1 amide bonds. The predicted molar refractivity (Wildman–Crippen MR) is 87.1 cm³/mol. The van der Waals surface area contributed by atoms with Gasteiger partial charge in [0.25, 0.3) is 0 Å². The number of aryl methyl sites for hydroxylation is 1. The second kappa shape index (κ2) is 7.60. The fourth-order valence-corrected chi connectivity index (χ4v) is 2.66. The van der Waals surface area contributed by atoms with Crippen molar-refractivity contribution in [3.8, 4) is 0 Å². The molecule has 1 aliphatic carbocycles. The summed E-state index contributed by atoms with van der Waals surface area (Å²) in [7, 11) is 1.91. The van der Waals surface area contributed by atoms with E-state index in [-0.39, 0.29) is 5.91 Å². The highest BCUT2D eigenvalue weighted by Gasteiger charge is 2.25. The number of carbonyl (C=O) groups is 1. The van der Waals surface area contributed by atoms with Crippen LogP contribution in [0.3, 0.4) is 0 Å². The fourth-order valence-electron chi connectivity index (χ4n) is 2.66. The van der Waals surface area contributed by atoms with Crippen molar-refractivity contribution >= 4 is 5.91 Å². The molecule has 0 heterocycles. The van der Waals surface area contributed by atoms with E-state index in [0.29, 0.717) is 13.1 Å². The number of likely N-dealkylation sites (N-methyl/N-ethyl adjacent to an activating group) is 1. The van der Waals surface area contributed by atoms with Gasteiger partial charge in [0.1, 0.15) is 0 Å². The summed E-state index contributed by atoms with van der Waals surface area (Å²) in [5.74, 6) is 1.07. The molecule has 1 saturated carbocycles. The third-order valence-electron chi connectivity index (χ3n) is 4.21. The predicted octanol–water partition coefficient (Wildman–Crippen LogP) is 3.08. The Kier molecular flexibility index (Phi) is 5.80. The summed E-state index contributed by atoms with van der Waals surface area (Å²) < 4.78 is 0. The summed E-state index contributed by atoms with van der Waals surface area (Å²) in [6, 6.07) is 8.29. The Bertz CT molecular complexity index is 468. The van der Waals surface area contributed by atoms with Crippen LogP contribution in [0.25, 0.3) is 0 Å². The van der Waals surface area contributed by atoms with Crippen LogP contribution in [-0.4, -0.2) is 42.4 Å². The Morgan fingerprint density at radius 3 is 2.62 bits per heavy atom. The van der Waals surface area contributed by atoms with Gasteiger partial charge in [-0.2, -0.15) is 0 Å². The maximum absolute atomic E-state index is 12.4. The molecule has 0 saturated heterocycles. The fraction of sp³-hybridized carbons (Fsp3) is 0.611. The van der Waals surface area contributed by atoms with Gasteiger partial charge in [0.15, 0.2) is 0 Å². The first-order valence-electron chi connectivity index (χ1n) is 8.11. The highest BCUT2D eigenvalue weighted by molar-refractivity contribution is 5.78. The van der Waals surface area contributed by atoms with E-state index in [2.05, 4.69) is 30.9 Å². The van der Waals surface area contributed by atoms with E-state index in [0.717, 1.165) is 25.4 Å². The van der Waals surface area contributed by atoms with Gasteiger partial charge in [-0.25, -0.2) is 0 Å². The highest BCUT2D eigenvalue weighted by Crippen LogP contribution is 2.29. The summed E-state index contributed by atoms with van der Waals surface area (Å²) in [6.07, 6.45) is 3.79. The number of rotatable bonds is 8. The quantitative estimate of drug-likeness (QED) is 0.734. The van der Waals surface area contributed by atoms with E-state index >= 15 is 0 Å². The minimum atomic E-state index is 0.229. The van der Waals surface area contributed by atoms with Crippen LogP contribution < -0.4 is 0 Å². The van der Waals surface area contributed by atoms with E-state index in [1.807, 2.05) is 24.1 Å². The van der Waals surface area contributed by atoms with Crippen molar-refractivity contribution in [3.05, 3.63) is 35.4 Å². The summed E-state index contributed by atoms with van der Waals surface area (Å²) in [4.78, 5) is 16.6. The van der Waals surface area contributed by atoms with Crippen LogP contribution in [0.5, 0.6) is 0 Å². The molecule has 3 heteroatoms. The number of benzene rings is 1. The molecule has 0 radical (unpaired) electrons. The zero-order chi connectivity index (χ0) is 15.2. The summed E-state index contributed by atoms with van der Waals surface area (Å²) in [5, 5.41) is 0. The van der Waals surface area contributed by atoms with Crippen LogP contribution in [0.1, 0.15) is 37.3 Å². The van der Waals surface area contributed by atoms with Gasteiger partial charge in [-0.3, -0.25) is 9.69 Å². The largest absolute Gasteiger partial charge is 0.340 e. The molecule has 116 valence electrons. The Balaban J connectivity index is 1.86. The second-order valence-electron chi connectivity index (χ2n) is 6.35. The third kappa shape index (κ3) is 5.16. The standard InChI is InChI=1S/C18H28N2O/c1-4-11-20(12-16-9-10-16)14-18(21)19(3)13-17-8-6-5-7-15(17)2/h5-8,16H,4,9-14H2,1-3H3. The first kappa shape index (κ1) is 16.0. The van der Waals surface area contributed by atoms with Crippen LogP contribution >= 0.6 is 0 Å². The number of nitrogens with zero attached hydrogens (tertiary/aromatic N) is 2. The highest BCUT2D eigenvalue weighted by atomic mass is 16.2. The van der Waals surface area contributed by atoms with Crippen LogP contribution in [0.15, 0.2) is 24.3 Å². The molecule has 21 heavy (non-hydrogen) atoms. The lowest BCUT2D eigenvalue weighted by molar-refractivity contribution is -0.131. The number of carbonyl (C=O) groups excluding carboxylic acids is 1. The van der Waals surface area contributed by atoms with E-state index in [1.54, 1.807) is 0 Å². The average Bonchev–Trinajstić information content (AvgIpc) is 3.25. The molecule has 1 aromatic carbocycles.